The van der Waals surface area contributed by atoms with E-state index in [2.05, 4.69) is 0 Å². The first-order chi connectivity index (χ1) is 14.3. The lowest BCUT2D eigenvalue weighted by Gasteiger charge is -2.19. The number of benzene rings is 1. The third kappa shape index (κ3) is 12.2. The third-order valence-corrected chi connectivity index (χ3v) is 4.93. The van der Waals surface area contributed by atoms with Crippen molar-refractivity contribution in [2.45, 2.75) is 77.7 Å². The number of ketones is 1. The minimum Gasteiger partial charge on any atom is -0.490 e. The average Bonchev–Trinajstić information content (AvgIpc) is 2.67. The molecular formula is C23H33FO6. The largest absolute Gasteiger partial charge is 0.490 e. The Hall–Kier alpha value is -2.44. The molecule has 7 heteroatoms. The molecule has 0 saturated carbocycles. The number of carboxylic acid groups (broad SMARTS) is 1. The van der Waals surface area contributed by atoms with Gasteiger partial charge in [0, 0.05) is 19.3 Å². The molecule has 0 aliphatic rings. The Labute approximate surface area is 177 Å². The summed E-state index contributed by atoms with van der Waals surface area (Å²) in [6, 6.07) is 5.63. The van der Waals surface area contributed by atoms with Gasteiger partial charge in [-0.15, -0.1) is 0 Å². The number of hydrogen-bond donors (Lipinski definition) is 1. The molecule has 0 fully saturated rings. The van der Waals surface area contributed by atoms with Gasteiger partial charge in [0.2, 0.25) is 0 Å². The minimum atomic E-state index is -0.776. The number of carbonyl (C=O) groups is 3. The summed E-state index contributed by atoms with van der Waals surface area (Å²) >= 11 is 0. The standard InChI is InChI=1S/C23H33FO6/c1-17(25)19(8-5-3-4-6-11-23(27)28)9-7-10-22(30-18(2)26)16-29-21-14-12-20(24)13-15-21/h12-15,19,22H,3-11,16H2,1-2H3,(H,27,28). The topological polar surface area (TPSA) is 89.9 Å². The Morgan fingerprint density at radius 3 is 2.17 bits per heavy atom. The van der Waals surface area contributed by atoms with E-state index in [1.54, 1.807) is 6.92 Å². The molecular weight excluding hydrogens is 391 g/mol. The predicted molar refractivity (Wildman–Crippen MR) is 111 cm³/mol. The first-order valence-corrected chi connectivity index (χ1v) is 10.6. The zero-order valence-electron chi connectivity index (χ0n) is 17.9. The van der Waals surface area contributed by atoms with E-state index in [1.807, 2.05) is 0 Å². The number of esters is 1. The number of Topliss-reactive ketones (excluding diaryl/α,β-unsaturated/α-hetero) is 1. The summed E-state index contributed by atoms with van der Waals surface area (Å²) in [7, 11) is 0. The van der Waals surface area contributed by atoms with Gasteiger partial charge < -0.3 is 14.6 Å². The molecule has 30 heavy (non-hydrogen) atoms. The fourth-order valence-electron chi connectivity index (χ4n) is 3.29. The van der Waals surface area contributed by atoms with Crippen molar-refractivity contribution in [1.82, 2.24) is 0 Å². The highest BCUT2D eigenvalue weighted by molar-refractivity contribution is 5.78. The quantitative estimate of drug-likeness (QED) is 0.299. The summed E-state index contributed by atoms with van der Waals surface area (Å²) in [5.74, 6) is -0.920. The Bertz CT molecular complexity index is 658. The second-order valence-electron chi connectivity index (χ2n) is 7.58. The second-order valence-corrected chi connectivity index (χ2v) is 7.58. The van der Waals surface area contributed by atoms with Gasteiger partial charge in [0.1, 0.15) is 30.1 Å². The van der Waals surface area contributed by atoms with Crippen LogP contribution >= 0.6 is 0 Å². The van der Waals surface area contributed by atoms with Crippen molar-refractivity contribution in [3.05, 3.63) is 30.1 Å². The van der Waals surface area contributed by atoms with Crippen LogP contribution in [0.2, 0.25) is 0 Å². The van der Waals surface area contributed by atoms with Crippen LogP contribution in [0.5, 0.6) is 5.75 Å². The van der Waals surface area contributed by atoms with E-state index in [0.717, 1.165) is 25.7 Å². The number of unbranched alkanes of at least 4 members (excludes halogenated alkanes) is 3. The van der Waals surface area contributed by atoms with E-state index in [1.165, 1.54) is 31.2 Å². The first kappa shape index (κ1) is 25.6. The Kier molecular flexibility index (Phi) is 12.4. The third-order valence-electron chi connectivity index (χ3n) is 4.93. The Morgan fingerprint density at radius 1 is 0.933 bits per heavy atom. The highest BCUT2D eigenvalue weighted by Crippen LogP contribution is 2.20. The molecule has 0 spiro atoms. The molecule has 0 radical (unpaired) electrons. The Balaban J connectivity index is 2.37. The van der Waals surface area contributed by atoms with Crippen LogP contribution < -0.4 is 4.74 Å². The zero-order valence-corrected chi connectivity index (χ0v) is 17.9. The molecule has 0 aliphatic heterocycles. The second kappa shape index (κ2) is 14.5. The van der Waals surface area contributed by atoms with Crippen LogP contribution in [0.15, 0.2) is 24.3 Å². The van der Waals surface area contributed by atoms with E-state index in [4.69, 9.17) is 14.6 Å². The van der Waals surface area contributed by atoms with Gasteiger partial charge in [-0.25, -0.2) is 4.39 Å². The zero-order chi connectivity index (χ0) is 22.4. The summed E-state index contributed by atoms with van der Waals surface area (Å²) in [6.07, 6.45) is 5.86. The molecule has 1 N–H and O–H groups in total. The highest BCUT2D eigenvalue weighted by atomic mass is 19.1. The molecule has 0 amide bonds. The number of carbonyl (C=O) groups excluding carboxylic acids is 2. The SMILES string of the molecule is CC(=O)OC(CCCC(CCCCCCC(=O)O)C(C)=O)COc1ccc(F)cc1. The number of hydrogen-bond acceptors (Lipinski definition) is 5. The maximum atomic E-state index is 13.0. The molecule has 0 saturated heterocycles. The molecule has 0 bridgehead atoms. The molecule has 0 heterocycles. The van der Waals surface area contributed by atoms with Crippen LogP contribution in [0.25, 0.3) is 0 Å². The highest BCUT2D eigenvalue weighted by Gasteiger charge is 2.17. The molecule has 6 nitrogen and oxygen atoms in total. The molecule has 1 rings (SSSR count). The Morgan fingerprint density at radius 2 is 1.57 bits per heavy atom. The van der Waals surface area contributed by atoms with Gasteiger partial charge >= 0.3 is 11.9 Å². The number of ether oxygens (including phenoxy) is 2. The molecule has 0 aliphatic carbocycles. The van der Waals surface area contributed by atoms with Crippen molar-refractivity contribution in [1.29, 1.82) is 0 Å². The van der Waals surface area contributed by atoms with Crippen LogP contribution in [-0.4, -0.2) is 35.5 Å². The predicted octanol–water partition coefficient (Wildman–Crippen LogP) is 4.94. The van der Waals surface area contributed by atoms with Gasteiger partial charge in [-0.2, -0.15) is 0 Å². The monoisotopic (exact) mass is 424 g/mol. The number of rotatable bonds is 16. The fourth-order valence-corrected chi connectivity index (χ4v) is 3.29. The molecule has 0 aromatic heterocycles. The van der Waals surface area contributed by atoms with E-state index in [0.29, 0.717) is 31.4 Å². The van der Waals surface area contributed by atoms with E-state index in [9.17, 15) is 18.8 Å². The molecule has 168 valence electrons. The van der Waals surface area contributed by atoms with Gasteiger partial charge in [0.05, 0.1) is 0 Å². The van der Waals surface area contributed by atoms with Crippen LogP contribution in [0.1, 0.15) is 71.6 Å². The number of aliphatic carboxylic acids is 1. The van der Waals surface area contributed by atoms with Crippen LogP contribution in [-0.2, 0) is 19.1 Å². The maximum absolute atomic E-state index is 13.0. The molecule has 1 aromatic carbocycles. The minimum absolute atomic E-state index is 0.0412. The van der Waals surface area contributed by atoms with Gasteiger partial charge in [-0.3, -0.25) is 14.4 Å². The van der Waals surface area contributed by atoms with Gasteiger partial charge in [-0.1, -0.05) is 19.3 Å². The molecule has 2 unspecified atom stereocenters. The number of carboxylic acids is 1. The lowest BCUT2D eigenvalue weighted by molar-refractivity contribution is -0.148. The number of halogens is 1. The van der Waals surface area contributed by atoms with Gasteiger partial charge in [-0.05, 0) is 63.3 Å². The van der Waals surface area contributed by atoms with E-state index < -0.39 is 18.0 Å². The van der Waals surface area contributed by atoms with Crippen molar-refractivity contribution < 1.29 is 33.4 Å². The fraction of sp³-hybridized carbons (Fsp3) is 0.609. The van der Waals surface area contributed by atoms with E-state index in [-0.39, 0.29) is 30.5 Å². The molecule has 1 aromatic rings. The summed E-state index contributed by atoms with van der Waals surface area (Å²) < 4.78 is 23.9. The van der Waals surface area contributed by atoms with E-state index >= 15 is 0 Å². The van der Waals surface area contributed by atoms with Crippen molar-refractivity contribution in [2.24, 2.45) is 5.92 Å². The smallest absolute Gasteiger partial charge is 0.303 e. The lowest BCUT2D eigenvalue weighted by Crippen LogP contribution is -2.24. The van der Waals surface area contributed by atoms with Gasteiger partial charge in [0.15, 0.2) is 0 Å². The molecule has 2 atom stereocenters. The normalized spacial score (nSPS) is 12.8. The van der Waals surface area contributed by atoms with Crippen molar-refractivity contribution in [3.63, 3.8) is 0 Å². The van der Waals surface area contributed by atoms with Crippen LogP contribution in [0, 0.1) is 11.7 Å². The summed E-state index contributed by atoms with van der Waals surface area (Å²) in [5.41, 5.74) is 0. The first-order valence-electron chi connectivity index (χ1n) is 10.6. The van der Waals surface area contributed by atoms with Crippen molar-refractivity contribution >= 4 is 17.7 Å². The van der Waals surface area contributed by atoms with Crippen molar-refractivity contribution in [2.75, 3.05) is 6.61 Å². The summed E-state index contributed by atoms with van der Waals surface area (Å²) in [4.78, 5) is 33.8. The maximum Gasteiger partial charge on any atom is 0.303 e. The van der Waals surface area contributed by atoms with Crippen molar-refractivity contribution in [3.8, 4) is 5.75 Å². The van der Waals surface area contributed by atoms with Gasteiger partial charge in [0.25, 0.3) is 0 Å². The lowest BCUT2D eigenvalue weighted by atomic mass is 9.91. The average molecular weight is 425 g/mol. The van der Waals surface area contributed by atoms with Crippen LogP contribution in [0.3, 0.4) is 0 Å². The van der Waals surface area contributed by atoms with Crippen LogP contribution in [0.4, 0.5) is 4.39 Å². The summed E-state index contributed by atoms with van der Waals surface area (Å²) in [5, 5.41) is 8.64. The summed E-state index contributed by atoms with van der Waals surface area (Å²) in [6.45, 7) is 3.10.